The van der Waals surface area contributed by atoms with Crippen LogP contribution < -0.4 is 18.9 Å². The number of ether oxygens (including phenoxy) is 4. The van der Waals surface area contributed by atoms with Crippen LogP contribution in [-0.2, 0) is 6.42 Å². The Balaban J connectivity index is 2.00. The molecule has 0 aromatic heterocycles. The lowest BCUT2D eigenvalue weighted by Gasteiger charge is -2.11. The third kappa shape index (κ3) is 2.92. The molecule has 0 atom stereocenters. The Morgan fingerprint density at radius 3 is 2.00 bits per heavy atom. The molecule has 0 fully saturated rings. The molecule has 0 N–H and O–H groups in total. The van der Waals surface area contributed by atoms with Gasteiger partial charge in [0.2, 0.25) is 0 Å². The van der Waals surface area contributed by atoms with Crippen LogP contribution in [0.15, 0.2) is 30.3 Å². The van der Waals surface area contributed by atoms with Gasteiger partial charge in [-0.25, -0.2) is 0 Å². The van der Waals surface area contributed by atoms with Gasteiger partial charge in [0.15, 0.2) is 23.0 Å². The van der Waals surface area contributed by atoms with Crippen molar-refractivity contribution in [1.29, 1.82) is 0 Å². The van der Waals surface area contributed by atoms with E-state index >= 15 is 0 Å². The fourth-order valence-electron chi connectivity index (χ4n) is 3.12. The summed E-state index contributed by atoms with van der Waals surface area (Å²) in [5.74, 6) is 3.01. The van der Waals surface area contributed by atoms with Crippen molar-refractivity contribution in [2.75, 3.05) is 28.4 Å². The predicted molar refractivity (Wildman–Crippen MR) is 95.3 cm³/mol. The second-order valence-corrected chi connectivity index (χ2v) is 5.65. The number of methoxy groups -OCH3 is 4. The van der Waals surface area contributed by atoms with Crippen LogP contribution in [0.1, 0.15) is 23.1 Å². The summed E-state index contributed by atoms with van der Waals surface area (Å²) in [6.45, 7) is 0. The van der Waals surface area contributed by atoms with Crippen LogP contribution in [0.4, 0.5) is 0 Å². The number of benzene rings is 2. The fourth-order valence-corrected chi connectivity index (χ4v) is 3.12. The van der Waals surface area contributed by atoms with Crippen LogP contribution in [0.5, 0.6) is 23.0 Å². The maximum Gasteiger partial charge on any atom is 0.161 e. The fraction of sp³-hybridized carbons (Fsp3) is 0.300. The molecule has 0 saturated heterocycles. The zero-order valence-corrected chi connectivity index (χ0v) is 14.5. The van der Waals surface area contributed by atoms with Gasteiger partial charge in [0.05, 0.1) is 28.4 Å². The summed E-state index contributed by atoms with van der Waals surface area (Å²) < 4.78 is 21.5. The summed E-state index contributed by atoms with van der Waals surface area (Å²) in [7, 11) is 6.62. The average Bonchev–Trinajstić information content (AvgIpc) is 3.02. The van der Waals surface area contributed by atoms with Crippen molar-refractivity contribution >= 4 is 11.6 Å². The summed E-state index contributed by atoms with van der Waals surface area (Å²) in [4.78, 5) is 0. The Morgan fingerprint density at radius 1 is 0.708 bits per heavy atom. The highest BCUT2D eigenvalue weighted by atomic mass is 16.5. The molecule has 2 aromatic rings. The minimum absolute atomic E-state index is 0.734. The molecule has 0 heterocycles. The molecule has 24 heavy (non-hydrogen) atoms. The van der Waals surface area contributed by atoms with Crippen LogP contribution in [-0.4, -0.2) is 28.4 Å². The van der Waals surface area contributed by atoms with E-state index in [1.165, 1.54) is 16.7 Å². The molecule has 2 aromatic carbocycles. The number of hydrogen-bond donors (Lipinski definition) is 0. The van der Waals surface area contributed by atoms with E-state index in [9.17, 15) is 0 Å². The Morgan fingerprint density at radius 2 is 1.33 bits per heavy atom. The molecule has 0 saturated carbocycles. The molecular weight excluding hydrogens is 304 g/mol. The standard InChI is InChI=1S/C20H22O4/c1-21-17-8-5-13(10-18(17)22-2)9-14-6-7-15-11-19(23-3)20(24-4)12-16(14)15/h5,8-12H,6-7H2,1-4H3/b14-9-. The van der Waals surface area contributed by atoms with Crippen molar-refractivity contribution in [1.82, 2.24) is 0 Å². The summed E-state index contributed by atoms with van der Waals surface area (Å²) in [5, 5.41) is 0. The Bertz CT molecular complexity index is 777. The van der Waals surface area contributed by atoms with Gasteiger partial charge in [-0.15, -0.1) is 0 Å². The summed E-state index contributed by atoms with van der Waals surface area (Å²) >= 11 is 0. The van der Waals surface area contributed by atoms with Crippen molar-refractivity contribution in [3.63, 3.8) is 0 Å². The summed E-state index contributed by atoms with van der Waals surface area (Å²) in [6.07, 6.45) is 4.20. The molecule has 4 heteroatoms. The molecule has 0 unspecified atom stereocenters. The minimum atomic E-state index is 0.734. The summed E-state index contributed by atoms with van der Waals surface area (Å²) in [5.41, 5.74) is 4.89. The molecule has 0 bridgehead atoms. The first-order chi connectivity index (χ1) is 11.7. The lowest BCUT2D eigenvalue weighted by Crippen LogP contribution is -1.93. The van der Waals surface area contributed by atoms with Crippen LogP contribution >= 0.6 is 0 Å². The maximum atomic E-state index is 5.44. The smallest absolute Gasteiger partial charge is 0.161 e. The zero-order valence-electron chi connectivity index (χ0n) is 14.5. The lowest BCUT2D eigenvalue weighted by atomic mass is 10.0. The van der Waals surface area contributed by atoms with Gasteiger partial charge >= 0.3 is 0 Å². The maximum absolute atomic E-state index is 5.44. The van der Waals surface area contributed by atoms with E-state index < -0.39 is 0 Å². The third-order valence-corrected chi connectivity index (χ3v) is 4.37. The van der Waals surface area contributed by atoms with E-state index in [1.54, 1.807) is 28.4 Å². The summed E-state index contributed by atoms with van der Waals surface area (Å²) in [6, 6.07) is 10.1. The van der Waals surface area contributed by atoms with Gasteiger partial charge in [-0.3, -0.25) is 0 Å². The van der Waals surface area contributed by atoms with Crippen molar-refractivity contribution in [3.8, 4) is 23.0 Å². The van der Waals surface area contributed by atoms with E-state index in [4.69, 9.17) is 18.9 Å². The number of fused-ring (bicyclic) bond motifs is 1. The van der Waals surface area contributed by atoms with Crippen molar-refractivity contribution in [2.45, 2.75) is 12.8 Å². The van der Waals surface area contributed by atoms with E-state index in [1.807, 2.05) is 18.2 Å². The van der Waals surface area contributed by atoms with E-state index in [0.717, 1.165) is 41.4 Å². The molecule has 0 amide bonds. The molecule has 3 rings (SSSR count). The van der Waals surface area contributed by atoms with E-state index in [-0.39, 0.29) is 0 Å². The van der Waals surface area contributed by atoms with Crippen LogP contribution in [0.3, 0.4) is 0 Å². The van der Waals surface area contributed by atoms with Gasteiger partial charge in [-0.1, -0.05) is 12.1 Å². The van der Waals surface area contributed by atoms with Crippen molar-refractivity contribution in [3.05, 3.63) is 47.0 Å². The van der Waals surface area contributed by atoms with Gasteiger partial charge < -0.3 is 18.9 Å². The topological polar surface area (TPSA) is 36.9 Å². The average molecular weight is 326 g/mol. The first-order valence-corrected chi connectivity index (χ1v) is 7.88. The predicted octanol–water partition coefficient (Wildman–Crippen LogP) is 4.21. The SMILES string of the molecule is COc1ccc(/C=C2/CCc3cc(OC)c(OC)cc32)cc1OC. The Hall–Kier alpha value is -2.62. The van der Waals surface area contributed by atoms with Crippen LogP contribution in [0.25, 0.3) is 11.6 Å². The molecule has 1 aliphatic rings. The zero-order chi connectivity index (χ0) is 17.1. The monoisotopic (exact) mass is 326 g/mol. The Kier molecular flexibility index (Phi) is 4.65. The first kappa shape index (κ1) is 16.2. The lowest BCUT2D eigenvalue weighted by molar-refractivity contribution is 0.354. The molecule has 4 nitrogen and oxygen atoms in total. The molecule has 126 valence electrons. The molecule has 0 spiro atoms. The van der Waals surface area contributed by atoms with Crippen LogP contribution in [0, 0.1) is 0 Å². The van der Waals surface area contributed by atoms with Gasteiger partial charge in [-0.05, 0) is 59.4 Å². The highest BCUT2D eigenvalue weighted by molar-refractivity contribution is 5.86. The first-order valence-electron chi connectivity index (χ1n) is 7.88. The Labute approximate surface area is 142 Å². The third-order valence-electron chi connectivity index (χ3n) is 4.37. The minimum Gasteiger partial charge on any atom is -0.493 e. The number of aryl methyl sites for hydroxylation is 1. The van der Waals surface area contributed by atoms with Gasteiger partial charge in [-0.2, -0.15) is 0 Å². The number of hydrogen-bond acceptors (Lipinski definition) is 4. The van der Waals surface area contributed by atoms with E-state index in [2.05, 4.69) is 18.2 Å². The normalized spacial score (nSPS) is 14.4. The quantitative estimate of drug-likeness (QED) is 0.825. The van der Waals surface area contributed by atoms with Crippen LogP contribution in [0.2, 0.25) is 0 Å². The molecular formula is C20H22O4. The van der Waals surface area contributed by atoms with Gasteiger partial charge in [0, 0.05) is 0 Å². The van der Waals surface area contributed by atoms with Gasteiger partial charge in [0.1, 0.15) is 0 Å². The highest BCUT2D eigenvalue weighted by Gasteiger charge is 2.20. The van der Waals surface area contributed by atoms with E-state index in [0.29, 0.717) is 0 Å². The van der Waals surface area contributed by atoms with Crippen molar-refractivity contribution in [2.24, 2.45) is 0 Å². The molecule has 0 aliphatic heterocycles. The second kappa shape index (κ2) is 6.87. The van der Waals surface area contributed by atoms with Crippen molar-refractivity contribution < 1.29 is 18.9 Å². The second-order valence-electron chi connectivity index (χ2n) is 5.65. The highest BCUT2D eigenvalue weighted by Crippen LogP contribution is 2.41. The van der Waals surface area contributed by atoms with Gasteiger partial charge in [0.25, 0.3) is 0 Å². The molecule has 1 aliphatic carbocycles. The molecule has 0 radical (unpaired) electrons. The number of rotatable bonds is 5. The largest absolute Gasteiger partial charge is 0.493 e. The number of allylic oxidation sites excluding steroid dienone is 1.